The van der Waals surface area contributed by atoms with E-state index >= 15 is 0 Å². The molecule has 1 aromatic carbocycles. The maximum atomic E-state index is 12.3. The van der Waals surface area contributed by atoms with Gasteiger partial charge in [-0.3, -0.25) is 9.69 Å². The van der Waals surface area contributed by atoms with E-state index in [2.05, 4.69) is 25.1 Å². The number of benzene rings is 1. The summed E-state index contributed by atoms with van der Waals surface area (Å²) in [5.41, 5.74) is 1.06. The van der Waals surface area contributed by atoms with E-state index in [9.17, 15) is 4.79 Å². The molecule has 2 atom stereocenters. The lowest BCUT2D eigenvalue weighted by Gasteiger charge is -2.35. The highest BCUT2D eigenvalue weighted by Crippen LogP contribution is 2.29. The highest BCUT2D eigenvalue weighted by molar-refractivity contribution is 6.30. The van der Waals surface area contributed by atoms with Gasteiger partial charge < -0.3 is 10.2 Å². The molecule has 2 aromatic rings. The molecule has 0 saturated carbocycles. The van der Waals surface area contributed by atoms with Crippen molar-refractivity contribution in [3.63, 3.8) is 0 Å². The van der Waals surface area contributed by atoms with E-state index < -0.39 is 0 Å². The predicted molar refractivity (Wildman–Crippen MR) is 110 cm³/mol. The van der Waals surface area contributed by atoms with Crippen molar-refractivity contribution in [3.8, 4) is 0 Å². The minimum Gasteiger partial charge on any atom is -0.352 e. The van der Waals surface area contributed by atoms with Gasteiger partial charge in [0.25, 0.3) is 0 Å². The van der Waals surface area contributed by atoms with Gasteiger partial charge in [0.1, 0.15) is 0 Å². The number of carbonyl (C=O) groups is 1. The average molecular weight is 400 g/mol. The molecule has 28 heavy (non-hydrogen) atoms. The van der Waals surface area contributed by atoms with Gasteiger partial charge in [0, 0.05) is 62.6 Å². The zero-order valence-corrected chi connectivity index (χ0v) is 16.7. The molecular formula is C21H26ClN5O. The largest absolute Gasteiger partial charge is 0.352 e. The summed E-state index contributed by atoms with van der Waals surface area (Å²) in [6, 6.07) is 9.89. The second-order valence-electron chi connectivity index (χ2n) is 7.70. The average Bonchev–Trinajstić information content (AvgIpc) is 3.04. The van der Waals surface area contributed by atoms with Crippen LogP contribution in [0, 0.1) is 5.92 Å². The zero-order valence-electron chi connectivity index (χ0n) is 15.9. The highest BCUT2D eigenvalue weighted by Gasteiger charge is 2.35. The van der Waals surface area contributed by atoms with Crippen LogP contribution in [0.1, 0.15) is 24.8 Å². The van der Waals surface area contributed by atoms with E-state index in [1.54, 1.807) is 12.4 Å². The third-order valence-corrected chi connectivity index (χ3v) is 5.94. The van der Waals surface area contributed by atoms with Crippen molar-refractivity contribution in [2.24, 2.45) is 5.92 Å². The summed E-state index contributed by atoms with van der Waals surface area (Å²) in [5, 5.41) is 3.72. The van der Waals surface area contributed by atoms with Gasteiger partial charge in [-0.2, -0.15) is 0 Å². The first kappa shape index (κ1) is 19.2. The first-order valence-corrected chi connectivity index (χ1v) is 10.3. The number of fused-ring (bicyclic) bond motifs is 4. The van der Waals surface area contributed by atoms with Gasteiger partial charge in [-0.1, -0.05) is 23.7 Å². The number of aromatic nitrogens is 2. The van der Waals surface area contributed by atoms with Crippen molar-refractivity contribution in [1.82, 2.24) is 20.2 Å². The quantitative estimate of drug-likeness (QED) is 0.809. The predicted octanol–water partition coefficient (Wildman–Crippen LogP) is 2.74. The van der Waals surface area contributed by atoms with Crippen LogP contribution < -0.4 is 10.2 Å². The molecule has 4 heterocycles. The number of rotatable bonds is 6. The number of halogens is 1. The van der Waals surface area contributed by atoms with Gasteiger partial charge >= 0.3 is 0 Å². The Balaban J connectivity index is 1.28. The van der Waals surface area contributed by atoms with Crippen LogP contribution in [0.5, 0.6) is 0 Å². The summed E-state index contributed by atoms with van der Waals surface area (Å²) >= 11 is 5.90. The van der Waals surface area contributed by atoms with Crippen LogP contribution in [-0.2, 0) is 11.3 Å². The molecule has 148 valence electrons. The van der Waals surface area contributed by atoms with Gasteiger partial charge in [0.05, 0.1) is 0 Å². The van der Waals surface area contributed by atoms with Gasteiger partial charge in [-0.05, 0) is 42.5 Å². The van der Waals surface area contributed by atoms with E-state index in [0.717, 1.165) is 37.7 Å². The lowest BCUT2D eigenvalue weighted by Crippen LogP contribution is -2.45. The summed E-state index contributed by atoms with van der Waals surface area (Å²) in [5.74, 6) is 1.53. The van der Waals surface area contributed by atoms with E-state index in [-0.39, 0.29) is 5.91 Å². The smallest absolute Gasteiger partial charge is 0.225 e. The molecule has 3 aliphatic rings. The molecule has 1 amide bonds. The third-order valence-electron chi connectivity index (χ3n) is 5.69. The van der Waals surface area contributed by atoms with Crippen molar-refractivity contribution in [1.29, 1.82) is 0 Å². The Hall–Kier alpha value is -2.18. The minimum absolute atomic E-state index is 0.0957. The molecule has 5 rings (SSSR count). The van der Waals surface area contributed by atoms with Gasteiger partial charge in [0.2, 0.25) is 11.9 Å². The maximum absolute atomic E-state index is 12.3. The Bertz CT molecular complexity index is 785. The Morgan fingerprint density at radius 3 is 2.68 bits per heavy atom. The summed E-state index contributed by atoms with van der Waals surface area (Å²) in [6.45, 7) is 4.34. The second-order valence-corrected chi connectivity index (χ2v) is 8.14. The fourth-order valence-corrected chi connectivity index (χ4v) is 4.33. The van der Waals surface area contributed by atoms with Crippen molar-refractivity contribution in [3.05, 3.63) is 53.3 Å². The van der Waals surface area contributed by atoms with Crippen molar-refractivity contribution in [2.45, 2.75) is 31.8 Å². The first-order chi connectivity index (χ1) is 13.7. The summed E-state index contributed by atoms with van der Waals surface area (Å²) < 4.78 is 0. The number of amides is 1. The van der Waals surface area contributed by atoms with Crippen molar-refractivity contribution >= 4 is 23.5 Å². The highest BCUT2D eigenvalue weighted by atomic mass is 35.5. The summed E-state index contributed by atoms with van der Waals surface area (Å²) in [6.07, 6.45) is 6.56. The fraction of sp³-hybridized carbons (Fsp3) is 0.476. The molecule has 3 fully saturated rings. The Labute approximate surface area is 170 Å². The van der Waals surface area contributed by atoms with Crippen LogP contribution in [-0.4, -0.2) is 53.0 Å². The molecular weight excluding hydrogens is 374 g/mol. The normalized spacial score (nSPS) is 22.1. The van der Waals surface area contributed by atoms with E-state index in [4.69, 9.17) is 11.6 Å². The van der Waals surface area contributed by atoms with Crippen LogP contribution in [0.15, 0.2) is 42.7 Å². The molecule has 1 aromatic heterocycles. The molecule has 0 aliphatic carbocycles. The summed E-state index contributed by atoms with van der Waals surface area (Å²) in [7, 11) is 0. The Kier molecular flexibility index (Phi) is 6.07. The zero-order chi connectivity index (χ0) is 19.3. The molecule has 7 heteroatoms. The van der Waals surface area contributed by atoms with Gasteiger partial charge in [-0.15, -0.1) is 0 Å². The standard InChI is InChI=1S/C21H26ClN5O/c22-18-5-2-16(3-6-18)12-25-20(28)8-11-26-13-17-4-7-19(26)15-27(14-17)21-23-9-1-10-24-21/h1-3,5-6,9-10,17,19H,4,7-8,11-15H2,(H,25,28)/t17-,19-/m1/s1. The van der Waals surface area contributed by atoms with Gasteiger partial charge in [0.15, 0.2) is 0 Å². The molecule has 0 unspecified atom stereocenters. The molecule has 0 spiro atoms. The lowest BCUT2D eigenvalue weighted by molar-refractivity contribution is -0.121. The Morgan fingerprint density at radius 1 is 1.11 bits per heavy atom. The Morgan fingerprint density at radius 2 is 1.89 bits per heavy atom. The third kappa shape index (κ3) is 4.80. The number of carbonyl (C=O) groups excluding carboxylic acids is 1. The fourth-order valence-electron chi connectivity index (χ4n) is 4.21. The molecule has 1 N–H and O–H groups in total. The van der Waals surface area contributed by atoms with Crippen LogP contribution in [0.3, 0.4) is 0 Å². The number of hydrogen-bond donors (Lipinski definition) is 1. The number of nitrogens with zero attached hydrogens (tertiary/aromatic N) is 4. The summed E-state index contributed by atoms with van der Waals surface area (Å²) in [4.78, 5) is 25.9. The molecule has 3 aliphatic heterocycles. The molecule has 0 radical (unpaired) electrons. The van der Waals surface area contributed by atoms with E-state index in [1.165, 1.54) is 12.8 Å². The van der Waals surface area contributed by atoms with Gasteiger partial charge in [-0.25, -0.2) is 9.97 Å². The van der Waals surface area contributed by atoms with E-state index in [0.29, 0.717) is 29.9 Å². The number of nitrogens with one attached hydrogen (secondary N) is 1. The van der Waals surface area contributed by atoms with Crippen molar-refractivity contribution in [2.75, 3.05) is 31.1 Å². The molecule has 2 bridgehead atoms. The number of piperidine rings is 1. The van der Waals surface area contributed by atoms with Crippen LogP contribution in [0.25, 0.3) is 0 Å². The molecule has 3 saturated heterocycles. The van der Waals surface area contributed by atoms with Crippen molar-refractivity contribution < 1.29 is 4.79 Å². The number of hydrogen-bond acceptors (Lipinski definition) is 5. The molecule has 6 nitrogen and oxygen atoms in total. The maximum Gasteiger partial charge on any atom is 0.225 e. The SMILES string of the molecule is O=C(CCN1C[C@H]2CC[C@@H]1CN(c1ncccn1)C2)NCc1ccc(Cl)cc1. The lowest BCUT2D eigenvalue weighted by atomic mass is 9.95. The monoisotopic (exact) mass is 399 g/mol. The minimum atomic E-state index is 0.0957. The van der Waals surface area contributed by atoms with Crippen LogP contribution in [0.4, 0.5) is 5.95 Å². The topological polar surface area (TPSA) is 61.4 Å². The first-order valence-electron chi connectivity index (χ1n) is 9.94. The van der Waals surface area contributed by atoms with Crippen LogP contribution in [0.2, 0.25) is 5.02 Å². The number of anilines is 1. The second kappa shape index (κ2) is 8.88. The van der Waals surface area contributed by atoms with Crippen LogP contribution >= 0.6 is 11.6 Å². The van der Waals surface area contributed by atoms with E-state index in [1.807, 2.05) is 30.3 Å².